The normalized spacial score (nSPS) is 12.7. The highest BCUT2D eigenvalue weighted by Crippen LogP contribution is 2.01. The predicted molar refractivity (Wildman–Crippen MR) is 52.4 cm³/mol. The molecule has 5 nitrogen and oxygen atoms in total. The summed E-state index contributed by atoms with van der Waals surface area (Å²) in [5.41, 5.74) is 0. The van der Waals surface area contributed by atoms with Gasteiger partial charge in [0.2, 0.25) is 6.41 Å². The Hall–Kier alpha value is -1.10. The van der Waals surface area contributed by atoms with Crippen molar-refractivity contribution in [2.45, 2.75) is 26.7 Å². The molecule has 5 heteroatoms. The molecule has 0 saturated carbocycles. The van der Waals surface area contributed by atoms with Crippen molar-refractivity contribution >= 4 is 12.4 Å². The maximum absolute atomic E-state index is 10.0. The second-order valence-corrected chi connectivity index (χ2v) is 2.16. The fraction of sp³-hybridized carbons (Fsp3) is 0.778. The van der Waals surface area contributed by atoms with Gasteiger partial charge in [0.1, 0.15) is 0 Å². The molecule has 1 rings (SSSR count). The smallest absolute Gasteiger partial charge is 0.305 e. The zero-order valence-corrected chi connectivity index (χ0v) is 9.28. The lowest BCUT2D eigenvalue weighted by atomic mass is 10.4. The fourth-order valence-electron chi connectivity index (χ4n) is 0.518. The SMILES string of the molecule is CC.CON(C)C=O.O=C1CCCO1. The van der Waals surface area contributed by atoms with Crippen LogP contribution in [0.2, 0.25) is 0 Å². The van der Waals surface area contributed by atoms with Gasteiger partial charge in [0.05, 0.1) is 13.7 Å². The largest absolute Gasteiger partial charge is 0.466 e. The molecular weight excluding hydrogens is 186 g/mol. The molecule has 0 aromatic heterocycles. The second-order valence-electron chi connectivity index (χ2n) is 2.16. The van der Waals surface area contributed by atoms with Crippen molar-refractivity contribution < 1.29 is 19.2 Å². The third-order valence-corrected chi connectivity index (χ3v) is 1.22. The Morgan fingerprint density at radius 3 is 2.14 bits per heavy atom. The molecule has 1 fully saturated rings. The monoisotopic (exact) mass is 205 g/mol. The molecule has 1 saturated heterocycles. The van der Waals surface area contributed by atoms with Crippen LogP contribution in [0.25, 0.3) is 0 Å². The standard InChI is InChI=1S/C4H6O2.C3H7NO2.C2H6/c5-4-2-1-3-6-4;1-4(3-5)6-2;1-2/h1-3H2;3H,1-2H3;1-2H3. The number of cyclic esters (lactones) is 1. The molecule has 1 amide bonds. The van der Waals surface area contributed by atoms with E-state index in [9.17, 15) is 9.59 Å². The number of carbonyl (C=O) groups excluding carboxylic acids is 2. The van der Waals surface area contributed by atoms with Crippen LogP contribution in [0.5, 0.6) is 0 Å². The lowest BCUT2D eigenvalue weighted by molar-refractivity contribution is -0.153. The second kappa shape index (κ2) is 11.9. The Balaban J connectivity index is 0. The molecule has 0 bridgehead atoms. The molecule has 1 heterocycles. The number of carbonyl (C=O) groups is 2. The van der Waals surface area contributed by atoms with Gasteiger partial charge in [-0.2, -0.15) is 0 Å². The van der Waals surface area contributed by atoms with Crippen molar-refractivity contribution in [2.75, 3.05) is 20.8 Å². The first kappa shape index (κ1) is 15.4. The molecular formula is C9H19NO4. The summed E-state index contributed by atoms with van der Waals surface area (Å²) in [6.07, 6.45) is 2.12. The summed E-state index contributed by atoms with van der Waals surface area (Å²) >= 11 is 0. The predicted octanol–water partition coefficient (Wildman–Crippen LogP) is 0.986. The topological polar surface area (TPSA) is 55.8 Å². The highest BCUT2D eigenvalue weighted by molar-refractivity contribution is 5.70. The number of hydrogen-bond acceptors (Lipinski definition) is 4. The van der Waals surface area contributed by atoms with Crippen molar-refractivity contribution in [1.82, 2.24) is 5.06 Å². The number of hydrogen-bond donors (Lipinski definition) is 0. The van der Waals surface area contributed by atoms with Gasteiger partial charge in [0.15, 0.2) is 0 Å². The number of esters is 1. The Labute approximate surface area is 84.9 Å². The number of ether oxygens (including phenoxy) is 1. The van der Waals surface area contributed by atoms with Crippen molar-refractivity contribution in [2.24, 2.45) is 0 Å². The Kier molecular flexibility index (Phi) is 13.1. The summed E-state index contributed by atoms with van der Waals surface area (Å²) in [5.74, 6) is -0.0463. The molecule has 0 radical (unpaired) electrons. The van der Waals surface area contributed by atoms with Gasteiger partial charge >= 0.3 is 5.97 Å². The van der Waals surface area contributed by atoms with E-state index in [1.807, 2.05) is 13.8 Å². The maximum atomic E-state index is 10.0. The average Bonchev–Trinajstić information content (AvgIpc) is 2.72. The van der Waals surface area contributed by atoms with Gasteiger partial charge in [-0.05, 0) is 6.42 Å². The fourth-order valence-corrected chi connectivity index (χ4v) is 0.518. The van der Waals surface area contributed by atoms with Crippen molar-refractivity contribution in [3.8, 4) is 0 Å². The van der Waals surface area contributed by atoms with Crippen LogP contribution in [0.3, 0.4) is 0 Å². The van der Waals surface area contributed by atoms with Gasteiger partial charge in [0, 0.05) is 13.5 Å². The highest BCUT2D eigenvalue weighted by Gasteiger charge is 2.08. The molecule has 0 aliphatic carbocycles. The van der Waals surface area contributed by atoms with E-state index in [2.05, 4.69) is 9.57 Å². The summed E-state index contributed by atoms with van der Waals surface area (Å²) in [5, 5.41) is 1.07. The first-order valence-corrected chi connectivity index (χ1v) is 4.58. The number of amides is 1. The minimum absolute atomic E-state index is 0.0463. The van der Waals surface area contributed by atoms with Crippen LogP contribution in [0.4, 0.5) is 0 Å². The first-order chi connectivity index (χ1) is 6.70. The quantitative estimate of drug-likeness (QED) is 0.383. The summed E-state index contributed by atoms with van der Waals surface area (Å²) < 4.78 is 4.51. The Bertz CT molecular complexity index is 142. The van der Waals surface area contributed by atoms with Crippen LogP contribution in [-0.2, 0) is 19.2 Å². The van der Waals surface area contributed by atoms with E-state index in [0.717, 1.165) is 11.5 Å². The highest BCUT2D eigenvalue weighted by atomic mass is 16.7. The molecule has 1 aliphatic rings. The van der Waals surface area contributed by atoms with E-state index in [4.69, 9.17) is 0 Å². The van der Waals surface area contributed by atoms with Crippen LogP contribution >= 0.6 is 0 Å². The molecule has 0 atom stereocenters. The van der Waals surface area contributed by atoms with Gasteiger partial charge in [-0.25, -0.2) is 5.06 Å². The third kappa shape index (κ3) is 10.9. The van der Waals surface area contributed by atoms with E-state index in [0.29, 0.717) is 19.4 Å². The lowest BCUT2D eigenvalue weighted by Crippen LogP contribution is -2.12. The lowest BCUT2D eigenvalue weighted by Gasteiger charge is -2.02. The van der Waals surface area contributed by atoms with Crippen LogP contribution < -0.4 is 0 Å². The van der Waals surface area contributed by atoms with Gasteiger partial charge in [0.25, 0.3) is 0 Å². The van der Waals surface area contributed by atoms with Crippen LogP contribution in [-0.4, -0.2) is 38.2 Å². The van der Waals surface area contributed by atoms with Crippen molar-refractivity contribution in [3.05, 3.63) is 0 Å². The van der Waals surface area contributed by atoms with Crippen LogP contribution in [0, 0.1) is 0 Å². The van der Waals surface area contributed by atoms with E-state index >= 15 is 0 Å². The molecule has 0 unspecified atom stereocenters. The minimum atomic E-state index is -0.0463. The summed E-state index contributed by atoms with van der Waals surface area (Å²) in [6, 6.07) is 0. The molecule has 1 aliphatic heterocycles. The van der Waals surface area contributed by atoms with Gasteiger partial charge < -0.3 is 4.74 Å². The zero-order valence-electron chi connectivity index (χ0n) is 9.28. The van der Waals surface area contributed by atoms with Gasteiger partial charge in [-0.15, -0.1) is 0 Å². The molecule has 14 heavy (non-hydrogen) atoms. The number of rotatable bonds is 2. The molecule has 0 N–H and O–H groups in total. The maximum Gasteiger partial charge on any atom is 0.305 e. The molecule has 0 aromatic rings. The van der Waals surface area contributed by atoms with E-state index in [1.54, 1.807) is 0 Å². The van der Waals surface area contributed by atoms with E-state index in [-0.39, 0.29) is 5.97 Å². The molecule has 84 valence electrons. The van der Waals surface area contributed by atoms with Crippen LogP contribution in [0.1, 0.15) is 26.7 Å². The Morgan fingerprint density at radius 1 is 1.50 bits per heavy atom. The number of nitrogens with zero attached hydrogens (tertiary/aromatic N) is 1. The molecule has 0 aromatic carbocycles. The molecule has 0 spiro atoms. The average molecular weight is 205 g/mol. The summed E-state index contributed by atoms with van der Waals surface area (Å²) in [7, 11) is 2.95. The minimum Gasteiger partial charge on any atom is -0.466 e. The van der Waals surface area contributed by atoms with E-state index in [1.165, 1.54) is 14.2 Å². The third-order valence-electron chi connectivity index (χ3n) is 1.22. The van der Waals surface area contributed by atoms with Crippen LogP contribution in [0.15, 0.2) is 0 Å². The van der Waals surface area contributed by atoms with Gasteiger partial charge in [-0.3, -0.25) is 14.4 Å². The number of hydroxylamine groups is 2. The Morgan fingerprint density at radius 2 is 2.07 bits per heavy atom. The first-order valence-electron chi connectivity index (χ1n) is 4.58. The van der Waals surface area contributed by atoms with E-state index < -0.39 is 0 Å². The zero-order chi connectivity index (χ0) is 11.4. The van der Waals surface area contributed by atoms with Crippen molar-refractivity contribution in [1.29, 1.82) is 0 Å². The summed E-state index contributed by atoms with van der Waals surface area (Å²) in [4.78, 5) is 23.9. The van der Waals surface area contributed by atoms with Crippen molar-refractivity contribution in [3.63, 3.8) is 0 Å². The van der Waals surface area contributed by atoms with Gasteiger partial charge in [-0.1, -0.05) is 13.8 Å². The summed E-state index contributed by atoms with van der Waals surface area (Å²) in [6.45, 7) is 4.64.